The van der Waals surface area contributed by atoms with Crippen molar-refractivity contribution in [2.24, 2.45) is 0 Å². The van der Waals surface area contributed by atoms with Crippen LogP contribution in [0.1, 0.15) is 18.9 Å². The zero-order valence-electron chi connectivity index (χ0n) is 7.01. The molecule has 1 aromatic carbocycles. The zero-order chi connectivity index (χ0) is 8.60. The molecule has 12 heavy (non-hydrogen) atoms. The largest absolute Gasteiger partial charge is 0.370 e. The Morgan fingerprint density at radius 1 is 1.33 bits per heavy atom. The minimum atomic E-state index is -0.0132. The number of benzene rings is 1. The lowest BCUT2D eigenvalue weighted by Gasteiger charge is -2.39. The highest BCUT2D eigenvalue weighted by Crippen LogP contribution is 2.36. The molecule has 64 valence electrons. The summed E-state index contributed by atoms with van der Waals surface area (Å²) in [5.41, 5.74) is 1.26. The first-order valence-corrected chi connectivity index (χ1v) is 4.90. The van der Waals surface area contributed by atoms with Gasteiger partial charge >= 0.3 is 0 Å². The highest BCUT2D eigenvalue weighted by atomic mass is 79.9. The van der Waals surface area contributed by atoms with Crippen molar-refractivity contribution in [1.29, 1.82) is 0 Å². The van der Waals surface area contributed by atoms with Crippen LogP contribution in [0.4, 0.5) is 0 Å². The van der Waals surface area contributed by atoms with Crippen LogP contribution in [-0.4, -0.2) is 6.61 Å². The van der Waals surface area contributed by atoms with Gasteiger partial charge in [-0.25, -0.2) is 0 Å². The van der Waals surface area contributed by atoms with Gasteiger partial charge in [0.1, 0.15) is 0 Å². The van der Waals surface area contributed by atoms with Crippen LogP contribution in [0.15, 0.2) is 28.7 Å². The molecule has 2 heteroatoms. The highest BCUT2D eigenvalue weighted by molar-refractivity contribution is 9.10. The van der Waals surface area contributed by atoms with E-state index in [-0.39, 0.29) is 5.60 Å². The van der Waals surface area contributed by atoms with Gasteiger partial charge in [0.2, 0.25) is 0 Å². The standard InChI is InChI=1S/C10H11BrO/c1-10(6-7-12-10)8-2-4-9(11)5-3-8/h2-5H,6-7H2,1H3. The van der Waals surface area contributed by atoms with E-state index in [9.17, 15) is 0 Å². The summed E-state index contributed by atoms with van der Waals surface area (Å²) in [5, 5.41) is 0. The van der Waals surface area contributed by atoms with Crippen LogP contribution in [0, 0.1) is 0 Å². The van der Waals surface area contributed by atoms with Gasteiger partial charge in [0, 0.05) is 10.9 Å². The first-order valence-electron chi connectivity index (χ1n) is 4.11. The Morgan fingerprint density at radius 2 is 1.92 bits per heavy atom. The Morgan fingerprint density at radius 3 is 2.33 bits per heavy atom. The highest BCUT2D eigenvalue weighted by Gasteiger charge is 2.34. The maximum Gasteiger partial charge on any atom is 0.0925 e. The molecule has 1 saturated heterocycles. The molecule has 0 bridgehead atoms. The molecule has 2 rings (SSSR count). The van der Waals surface area contributed by atoms with Gasteiger partial charge in [0.05, 0.1) is 12.2 Å². The summed E-state index contributed by atoms with van der Waals surface area (Å²) in [5.74, 6) is 0. The minimum absolute atomic E-state index is 0.0132. The molecule has 0 amide bonds. The van der Waals surface area contributed by atoms with Gasteiger partial charge in [0.15, 0.2) is 0 Å². The normalized spacial score (nSPS) is 28.2. The zero-order valence-corrected chi connectivity index (χ0v) is 8.60. The number of hydrogen-bond donors (Lipinski definition) is 0. The van der Waals surface area contributed by atoms with E-state index in [1.54, 1.807) is 0 Å². The van der Waals surface area contributed by atoms with E-state index < -0.39 is 0 Å². The summed E-state index contributed by atoms with van der Waals surface area (Å²) in [7, 11) is 0. The Labute approximate surface area is 80.9 Å². The van der Waals surface area contributed by atoms with Gasteiger partial charge in [-0.15, -0.1) is 0 Å². The number of rotatable bonds is 1. The smallest absolute Gasteiger partial charge is 0.0925 e. The maximum atomic E-state index is 5.53. The second-order valence-electron chi connectivity index (χ2n) is 3.34. The number of hydrogen-bond acceptors (Lipinski definition) is 1. The molecule has 0 radical (unpaired) electrons. The summed E-state index contributed by atoms with van der Waals surface area (Å²) < 4.78 is 6.65. The molecule has 1 unspecified atom stereocenters. The third-order valence-corrected chi connectivity index (χ3v) is 2.98. The van der Waals surface area contributed by atoms with E-state index in [1.807, 2.05) is 0 Å². The lowest BCUT2D eigenvalue weighted by Crippen LogP contribution is -2.37. The molecular weight excluding hydrogens is 216 g/mol. The van der Waals surface area contributed by atoms with Crippen LogP contribution in [-0.2, 0) is 10.3 Å². The van der Waals surface area contributed by atoms with Crippen LogP contribution < -0.4 is 0 Å². The van der Waals surface area contributed by atoms with Crippen LogP contribution >= 0.6 is 15.9 Å². The summed E-state index contributed by atoms with van der Waals surface area (Å²) in [6.45, 7) is 3.03. The van der Waals surface area contributed by atoms with Gasteiger partial charge < -0.3 is 4.74 Å². The summed E-state index contributed by atoms with van der Waals surface area (Å²) in [6.07, 6.45) is 1.13. The quantitative estimate of drug-likeness (QED) is 0.716. The Hall–Kier alpha value is -0.340. The van der Waals surface area contributed by atoms with Crippen LogP contribution in [0.5, 0.6) is 0 Å². The van der Waals surface area contributed by atoms with Crippen molar-refractivity contribution < 1.29 is 4.74 Å². The van der Waals surface area contributed by atoms with Crippen LogP contribution in [0.25, 0.3) is 0 Å². The summed E-state index contributed by atoms with van der Waals surface area (Å²) in [6, 6.07) is 8.34. The monoisotopic (exact) mass is 226 g/mol. The van der Waals surface area contributed by atoms with Crippen molar-refractivity contribution in [2.75, 3.05) is 6.61 Å². The minimum Gasteiger partial charge on any atom is -0.370 e. The van der Waals surface area contributed by atoms with Crippen LogP contribution in [0.3, 0.4) is 0 Å². The molecule has 0 aliphatic carbocycles. The third-order valence-electron chi connectivity index (χ3n) is 2.45. The van der Waals surface area contributed by atoms with E-state index >= 15 is 0 Å². The molecule has 0 spiro atoms. The van der Waals surface area contributed by atoms with Gasteiger partial charge in [-0.3, -0.25) is 0 Å². The molecule has 1 atom stereocenters. The van der Waals surface area contributed by atoms with Crippen molar-refractivity contribution in [2.45, 2.75) is 18.9 Å². The van der Waals surface area contributed by atoms with Crippen molar-refractivity contribution in [3.05, 3.63) is 34.3 Å². The first-order chi connectivity index (χ1) is 5.71. The average Bonchev–Trinajstić information content (AvgIpc) is 2.02. The molecule has 1 heterocycles. The molecular formula is C10H11BrO. The summed E-state index contributed by atoms with van der Waals surface area (Å²) >= 11 is 3.41. The Bertz CT molecular complexity index is 274. The molecule has 1 aliphatic heterocycles. The predicted molar refractivity (Wildman–Crippen MR) is 52.1 cm³/mol. The topological polar surface area (TPSA) is 9.23 Å². The van der Waals surface area contributed by atoms with Crippen molar-refractivity contribution >= 4 is 15.9 Å². The summed E-state index contributed by atoms with van der Waals surface area (Å²) in [4.78, 5) is 0. The molecule has 1 fully saturated rings. The van der Waals surface area contributed by atoms with E-state index in [4.69, 9.17) is 4.74 Å². The second-order valence-corrected chi connectivity index (χ2v) is 4.25. The third kappa shape index (κ3) is 1.29. The van der Waals surface area contributed by atoms with Gasteiger partial charge in [0.25, 0.3) is 0 Å². The molecule has 1 aromatic rings. The lowest BCUT2D eigenvalue weighted by atomic mass is 9.89. The molecule has 1 nitrogen and oxygen atoms in total. The van der Waals surface area contributed by atoms with E-state index in [0.29, 0.717) is 0 Å². The van der Waals surface area contributed by atoms with Crippen molar-refractivity contribution in [1.82, 2.24) is 0 Å². The van der Waals surface area contributed by atoms with E-state index in [0.717, 1.165) is 17.5 Å². The number of halogens is 1. The molecule has 1 aliphatic rings. The fraction of sp³-hybridized carbons (Fsp3) is 0.400. The maximum absolute atomic E-state index is 5.53. The molecule has 0 N–H and O–H groups in total. The Balaban J connectivity index is 2.28. The van der Waals surface area contributed by atoms with Crippen molar-refractivity contribution in [3.63, 3.8) is 0 Å². The average molecular weight is 227 g/mol. The fourth-order valence-electron chi connectivity index (χ4n) is 1.44. The van der Waals surface area contributed by atoms with Gasteiger partial charge in [-0.05, 0) is 24.6 Å². The van der Waals surface area contributed by atoms with Crippen molar-refractivity contribution in [3.8, 4) is 0 Å². The molecule has 0 saturated carbocycles. The number of ether oxygens (including phenoxy) is 1. The Kier molecular flexibility index (Phi) is 1.97. The van der Waals surface area contributed by atoms with Gasteiger partial charge in [-0.1, -0.05) is 28.1 Å². The lowest BCUT2D eigenvalue weighted by molar-refractivity contribution is -0.140. The van der Waals surface area contributed by atoms with Crippen LogP contribution in [0.2, 0.25) is 0 Å². The SMILES string of the molecule is CC1(c2ccc(Br)cc2)CCO1. The molecule has 0 aromatic heterocycles. The predicted octanol–water partition coefficient (Wildman–Crippen LogP) is 3.08. The second kappa shape index (κ2) is 2.86. The fourth-order valence-corrected chi connectivity index (χ4v) is 1.70. The van der Waals surface area contributed by atoms with Gasteiger partial charge in [-0.2, -0.15) is 0 Å². The first kappa shape index (κ1) is 8.27. The van der Waals surface area contributed by atoms with E-state index in [2.05, 4.69) is 47.1 Å². The van der Waals surface area contributed by atoms with E-state index in [1.165, 1.54) is 5.56 Å².